The molecule has 19 heavy (non-hydrogen) atoms. The number of sulfonamides is 1. The third-order valence-corrected chi connectivity index (χ3v) is 6.59. The van der Waals surface area contributed by atoms with E-state index in [1.165, 1.54) is 10.7 Å². The second kappa shape index (κ2) is 5.81. The van der Waals surface area contributed by atoms with Crippen LogP contribution in [0.15, 0.2) is 27.6 Å². The van der Waals surface area contributed by atoms with Crippen molar-refractivity contribution in [2.45, 2.75) is 43.0 Å². The van der Waals surface area contributed by atoms with E-state index in [1.54, 1.807) is 25.2 Å². The van der Waals surface area contributed by atoms with Gasteiger partial charge in [-0.05, 0) is 47.0 Å². The van der Waals surface area contributed by atoms with Crippen molar-refractivity contribution < 1.29 is 8.42 Å². The van der Waals surface area contributed by atoms with Crippen LogP contribution in [0.5, 0.6) is 0 Å². The zero-order chi connectivity index (χ0) is 14.0. The fraction of sp³-hybridized carbons (Fsp3) is 0.538. The SMILES string of the molecule is CN(C1CCCCC1)S(=O)(=O)c1ccc(N)cc1Br. The molecule has 0 unspecified atom stereocenters. The summed E-state index contributed by atoms with van der Waals surface area (Å²) >= 11 is 3.29. The van der Waals surface area contributed by atoms with Crippen molar-refractivity contribution in [3.63, 3.8) is 0 Å². The van der Waals surface area contributed by atoms with E-state index < -0.39 is 10.0 Å². The van der Waals surface area contributed by atoms with Crippen LogP contribution < -0.4 is 5.73 Å². The molecule has 1 aromatic rings. The van der Waals surface area contributed by atoms with Gasteiger partial charge in [-0.2, -0.15) is 4.31 Å². The van der Waals surface area contributed by atoms with Crippen LogP contribution in [0.4, 0.5) is 5.69 Å². The van der Waals surface area contributed by atoms with Gasteiger partial charge in [-0.1, -0.05) is 19.3 Å². The van der Waals surface area contributed by atoms with Gasteiger partial charge in [-0.3, -0.25) is 0 Å². The third-order valence-electron chi connectivity index (χ3n) is 3.70. The summed E-state index contributed by atoms with van der Waals surface area (Å²) in [4.78, 5) is 0.287. The van der Waals surface area contributed by atoms with Gasteiger partial charge < -0.3 is 5.73 Å². The maximum Gasteiger partial charge on any atom is 0.244 e. The summed E-state index contributed by atoms with van der Waals surface area (Å²) in [5.74, 6) is 0. The van der Waals surface area contributed by atoms with Crippen molar-refractivity contribution in [2.24, 2.45) is 0 Å². The van der Waals surface area contributed by atoms with Crippen molar-refractivity contribution in [1.29, 1.82) is 0 Å². The minimum absolute atomic E-state index is 0.114. The van der Waals surface area contributed by atoms with Crippen LogP contribution in [0.25, 0.3) is 0 Å². The molecule has 1 aliphatic rings. The number of anilines is 1. The summed E-state index contributed by atoms with van der Waals surface area (Å²) in [6.45, 7) is 0. The Balaban J connectivity index is 2.30. The molecule has 1 aliphatic carbocycles. The first kappa shape index (κ1) is 14.8. The molecular weight excluding hydrogens is 328 g/mol. The number of hydrogen-bond donors (Lipinski definition) is 1. The lowest BCUT2D eigenvalue weighted by Gasteiger charge is -2.30. The average molecular weight is 347 g/mol. The Morgan fingerprint density at radius 2 is 1.89 bits per heavy atom. The molecule has 1 fully saturated rings. The van der Waals surface area contributed by atoms with Crippen LogP contribution in [0, 0.1) is 0 Å². The van der Waals surface area contributed by atoms with Gasteiger partial charge in [0, 0.05) is 23.2 Å². The van der Waals surface area contributed by atoms with E-state index in [9.17, 15) is 8.42 Å². The van der Waals surface area contributed by atoms with Crippen molar-refractivity contribution in [2.75, 3.05) is 12.8 Å². The maximum atomic E-state index is 12.6. The molecule has 0 amide bonds. The molecule has 0 atom stereocenters. The number of benzene rings is 1. The minimum atomic E-state index is -3.46. The molecule has 2 N–H and O–H groups in total. The summed E-state index contributed by atoms with van der Waals surface area (Å²) in [5, 5.41) is 0. The van der Waals surface area contributed by atoms with Crippen molar-refractivity contribution in [3.05, 3.63) is 22.7 Å². The summed E-state index contributed by atoms with van der Waals surface area (Å²) in [7, 11) is -1.78. The van der Waals surface area contributed by atoms with Crippen LogP contribution in [-0.4, -0.2) is 25.8 Å². The second-order valence-corrected chi connectivity index (χ2v) is 7.82. The van der Waals surface area contributed by atoms with Gasteiger partial charge in [-0.15, -0.1) is 0 Å². The molecular formula is C13H19BrN2O2S. The van der Waals surface area contributed by atoms with Crippen LogP contribution in [0.3, 0.4) is 0 Å². The lowest BCUT2D eigenvalue weighted by molar-refractivity contribution is 0.285. The van der Waals surface area contributed by atoms with Crippen molar-refractivity contribution >= 4 is 31.6 Å². The Morgan fingerprint density at radius 1 is 1.26 bits per heavy atom. The molecule has 1 saturated carbocycles. The zero-order valence-corrected chi connectivity index (χ0v) is 13.4. The molecule has 0 radical (unpaired) electrons. The van der Waals surface area contributed by atoms with Gasteiger partial charge in [0.1, 0.15) is 0 Å². The first-order valence-corrected chi connectivity index (χ1v) is 8.69. The lowest BCUT2D eigenvalue weighted by Crippen LogP contribution is -2.38. The van der Waals surface area contributed by atoms with Gasteiger partial charge in [-0.25, -0.2) is 8.42 Å². The number of rotatable bonds is 3. The fourth-order valence-electron chi connectivity index (χ4n) is 2.52. The van der Waals surface area contributed by atoms with Crippen LogP contribution in [-0.2, 0) is 10.0 Å². The van der Waals surface area contributed by atoms with Crippen molar-refractivity contribution in [1.82, 2.24) is 4.31 Å². The van der Waals surface area contributed by atoms with E-state index in [4.69, 9.17) is 5.73 Å². The molecule has 6 heteroatoms. The molecule has 0 spiro atoms. The second-order valence-electron chi connectivity index (χ2n) is 5.00. The Kier molecular flexibility index (Phi) is 4.53. The molecule has 0 aromatic heterocycles. The molecule has 0 saturated heterocycles. The largest absolute Gasteiger partial charge is 0.399 e. The number of nitrogens with two attached hydrogens (primary N) is 1. The molecule has 2 rings (SSSR count). The first-order valence-electron chi connectivity index (χ1n) is 6.46. The van der Waals surface area contributed by atoms with E-state index in [1.807, 2.05) is 0 Å². The van der Waals surface area contributed by atoms with Gasteiger partial charge in [0.15, 0.2) is 0 Å². The van der Waals surface area contributed by atoms with Crippen LogP contribution in [0.2, 0.25) is 0 Å². The zero-order valence-electron chi connectivity index (χ0n) is 11.0. The minimum Gasteiger partial charge on any atom is -0.399 e. The Morgan fingerprint density at radius 3 is 2.47 bits per heavy atom. The Labute approximate surface area is 123 Å². The Bertz CT molecular complexity index is 554. The van der Waals surface area contributed by atoms with Gasteiger partial charge >= 0.3 is 0 Å². The number of hydrogen-bond acceptors (Lipinski definition) is 3. The summed E-state index contributed by atoms with van der Waals surface area (Å²) < 4.78 is 27.3. The topological polar surface area (TPSA) is 63.4 Å². The Hall–Kier alpha value is -0.590. The number of halogens is 1. The summed E-state index contributed by atoms with van der Waals surface area (Å²) in [5.41, 5.74) is 6.20. The van der Waals surface area contributed by atoms with Gasteiger partial charge in [0.2, 0.25) is 10.0 Å². The summed E-state index contributed by atoms with van der Waals surface area (Å²) in [6, 6.07) is 4.92. The van der Waals surface area contributed by atoms with E-state index in [0.717, 1.165) is 25.7 Å². The highest BCUT2D eigenvalue weighted by Crippen LogP contribution is 2.30. The first-order chi connectivity index (χ1) is 8.93. The summed E-state index contributed by atoms with van der Waals surface area (Å²) in [6.07, 6.45) is 5.31. The predicted octanol–water partition coefficient (Wildman–Crippen LogP) is 2.98. The highest BCUT2D eigenvalue weighted by Gasteiger charge is 2.30. The van der Waals surface area contributed by atoms with Crippen LogP contribution in [0.1, 0.15) is 32.1 Å². The number of nitrogen functional groups attached to an aromatic ring is 1. The molecule has 0 aliphatic heterocycles. The van der Waals surface area contributed by atoms with E-state index in [0.29, 0.717) is 10.2 Å². The van der Waals surface area contributed by atoms with E-state index in [2.05, 4.69) is 15.9 Å². The lowest BCUT2D eigenvalue weighted by atomic mass is 9.96. The van der Waals surface area contributed by atoms with Crippen LogP contribution >= 0.6 is 15.9 Å². The smallest absolute Gasteiger partial charge is 0.244 e. The normalized spacial score (nSPS) is 17.8. The van der Waals surface area contributed by atoms with Gasteiger partial charge in [0.05, 0.1) is 4.90 Å². The molecule has 4 nitrogen and oxygen atoms in total. The third kappa shape index (κ3) is 3.12. The average Bonchev–Trinajstić information content (AvgIpc) is 2.38. The standard InChI is InChI=1S/C13H19BrN2O2S/c1-16(11-5-3-2-4-6-11)19(17,18)13-8-7-10(15)9-12(13)14/h7-9,11H,2-6,15H2,1H3. The monoisotopic (exact) mass is 346 g/mol. The molecule has 1 aromatic carbocycles. The predicted molar refractivity (Wildman–Crippen MR) is 80.4 cm³/mol. The van der Waals surface area contributed by atoms with E-state index >= 15 is 0 Å². The highest BCUT2D eigenvalue weighted by atomic mass is 79.9. The molecule has 0 heterocycles. The molecule has 0 bridgehead atoms. The van der Waals surface area contributed by atoms with E-state index in [-0.39, 0.29) is 10.9 Å². The quantitative estimate of drug-likeness (QED) is 0.855. The highest BCUT2D eigenvalue weighted by molar-refractivity contribution is 9.10. The fourth-order valence-corrected chi connectivity index (χ4v) is 4.99. The molecule has 106 valence electrons. The number of nitrogens with zero attached hydrogens (tertiary/aromatic N) is 1. The van der Waals surface area contributed by atoms with Gasteiger partial charge in [0.25, 0.3) is 0 Å². The maximum absolute atomic E-state index is 12.6. The van der Waals surface area contributed by atoms with Crippen molar-refractivity contribution in [3.8, 4) is 0 Å².